The molecule has 0 bridgehead atoms. The summed E-state index contributed by atoms with van der Waals surface area (Å²) in [7, 11) is 0. The Hall–Kier alpha value is -2.48. The highest BCUT2D eigenvalue weighted by molar-refractivity contribution is 5.57. The van der Waals surface area contributed by atoms with Crippen LogP contribution in [0.25, 0.3) is 5.69 Å². The molecule has 0 spiro atoms. The van der Waals surface area contributed by atoms with Gasteiger partial charge in [0.15, 0.2) is 0 Å². The van der Waals surface area contributed by atoms with E-state index in [0.717, 1.165) is 74.7 Å². The third-order valence-electron chi connectivity index (χ3n) is 5.05. The van der Waals surface area contributed by atoms with Crippen molar-refractivity contribution in [3.63, 3.8) is 0 Å². The molecule has 0 radical (unpaired) electrons. The second-order valence-electron chi connectivity index (χ2n) is 6.96. The SMILES string of the molecule is O=c1c(OC2CCCC2)c(N2CCNCC2)cnn1-c1cc(F)cc(F)c1. The molecule has 1 saturated heterocycles. The molecular formula is C19H22F2N4O2. The Morgan fingerprint density at radius 3 is 2.41 bits per heavy atom. The Morgan fingerprint density at radius 1 is 1.07 bits per heavy atom. The predicted molar refractivity (Wildman–Crippen MR) is 97.7 cm³/mol. The van der Waals surface area contributed by atoms with Crippen LogP contribution in [0.4, 0.5) is 14.5 Å². The van der Waals surface area contributed by atoms with Crippen LogP contribution in [0.15, 0.2) is 29.2 Å². The monoisotopic (exact) mass is 376 g/mol. The van der Waals surface area contributed by atoms with Gasteiger partial charge in [0.2, 0.25) is 5.75 Å². The first-order valence-electron chi connectivity index (χ1n) is 9.33. The lowest BCUT2D eigenvalue weighted by atomic mass is 10.2. The summed E-state index contributed by atoms with van der Waals surface area (Å²) in [6.45, 7) is 3.09. The van der Waals surface area contributed by atoms with E-state index in [1.807, 2.05) is 0 Å². The normalized spacial score (nSPS) is 18.1. The van der Waals surface area contributed by atoms with Gasteiger partial charge >= 0.3 is 5.56 Å². The van der Waals surface area contributed by atoms with E-state index in [-0.39, 0.29) is 17.5 Å². The number of piperazine rings is 1. The molecule has 27 heavy (non-hydrogen) atoms. The molecule has 1 aliphatic heterocycles. The molecule has 144 valence electrons. The zero-order chi connectivity index (χ0) is 18.8. The highest BCUT2D eigenvalue weighted by atomic mass is 19.1. The summed E-state index contributed by atoms with van der Waals surface area (Å²) < 4.78 is 34.3. The van der Waals surface area contributed by atoms with Gasteiger partial charge in [-0.3, -0.25) is 4.79 Å². The van der Waals surface area contributed by atoms with Crippen LogP contribution in [0.5, 0.6) is 5.75 Å². The van der Waals surface area contributed by atoms with Gasteiger partial charge in [0.1, 0.15) is 17.3 Å². The van der Waals surface area contributed by atoms with E-state index < -0.39 is 17.2 Å². The molecule has 1 aliphatic carbocycles. The summed E-state index contributed by atoms with van der Waals surface area (Å²) >= 11 is 0. The van der Waals surface area contributed by atoms with Crippen LogP contribution in [0.3, 0.4) is 0 Å². The molecule has 1 saturated carbocycles. The van der Waals surface area contributed by atoms with Crippen molar-refractivity contribution in [1.29, 1.82) is 0 Å². The fourth-order valence-electron chi connectivity index (χ4n) is 3.69. The minimum atomic E-state index is -0.761. The molecule has 6 nitrogen and oxygen atoms in total. The molecule has 2 heterocycles. The first kappa shape index (κ1) is 17.9. The van der Waals surface area contributed by atoms with E-state index in [2.05, 4.69) is 15.3 Å². The minimum Gasteiger partial charge on any atom is -0.483 e. The summed E-state index contributed by atoms with van der Waals surface area (Å²) in [5.74, 6) is -1.31. The number of rotatable bonds is 4. The molecule has 4 rings (SSSR count). The van der Waals surface area contributed by atoms with Crippen molar-refractivity contribution in [2.45, 2.75) is 31.8 Å². The average molecular weight is 376 g/mol. The fraction of sp³-hybridized carbons (Fsp3) is 0.474. The Bertz CT molecular complexity index is 854. The number of aromatic nitrogens is 2. The summed E-state index contributed by atoms with van der Waals surface area (Å²) in [6, 6.07) is 2.93. The number of hydrogen-bond acceptors (Lipinski definition) is 5. The van der Waals surface area contributed by atoms with E-state index in [9.17, 15) is 13.6 Å². The van der Waals surface area contributed by atoms with Crippen molar-refractivity contribution >= 4 is 5.69 Å². The Balaban J connectivity index is 1.78. The number of nitrogens with zero attached hydrogens (tertiary/aromatic N) is 3. The van der Waals surface area contributed by atoms with Crippen molar-refractivity contribution in [2.24, 2.45) is 0 Å². The second kappa shape index (κ2) is 7.64. The van der Waals surface area contributed by atoms with E-state index in [1.54, 1.807) is 6.20 Å². The smallest absolute Gasteiger partial charge is 0.316 e. The summed E-state index contributed by atoms with van der Waals surface area (Å²) in [5, 5.41) is 7.44. The van der Waals surface area contributed by atoms with Crippen LogP contribution in [0.1, 0.15) is 25.7 Å². The number of benzene rings is 1. The maximum Gasteiger partial charge on any atom is 0.316 e. The Morgan fingerprint density at radius 2 is 1.74 bits per heavy atom. The molecule has 2 fully saturated rings. The van der Waals surface area contributed by atoms with Crippen LogP contribution in [-0.2, 0) is 0 Å². The quantitative estimate of drug-likeness (QED) is 0.887. The molecular weight excluding hydrogens is 354 g/mol. The number of ether oxygens (including phenoxy) is 1. The molecule has 8 heteroatoms. The topological polar surface area (TPSA) is 59.4 Å². The molecule has 2 aliphatic rings. The van der Waals surface area contributed by atoms with Crippen molar-refractivity contribution < 1.29 is 13.5 Å². The first-order valence-corrected chi connectivity index (χ1v) is 9.33. The molecule has 0 unspecified atom stereocenters. The van der Waals surface area contributed by atoms with E-state index >= 15 is 0 Å². The predicted octanol–water partition coefficient (Wildman–Crippen LogP) is 2.24. The van der Waals surface area contributed by atoms with Crippen LogP contribution in [-0.4, -0.2) is 42.1 Å². The lowest BCUT2D eigenvalue weighted by Crippen LogP contribution is -2.44. The summed E-state index contributed by atoms with van der Waals surface area (Å²) in [4.78, 5) is 15.2. The summed E-state index contributed by atoms with van der Waals surface area (Å²) in [5.41, 5.74) is 0.185. The molecule has 2 aromatic rings. The van der Waals surface area contributed by atoms with Crippen molar-refractivity contribution in [3.05, 3.63) is 46.4 Å². The van der Waals surface area contributed by atoms with Gasteiger partial charge in [0, 0.05) is 32.2 Å². The van der Waals surface area contributed by atoms with Crippen LogP contribution < -0.4 is 20.5 Å². The van der Waals surface area contributed by atoms with E-state index in [4.69, 9.17) is 4.74 Å². The standard InChI is InChI=1S/C19H22F2N4O2/c20-13-9-14(21)11-15(10-13)25-19(26)18(27-16-3-1-2-4-16)17(12-23-25)24-7-5-22-6-8-24/h9-12,16,22H,1-8H2. The zero-order valence-corrected chi connectivity index (χ0v) is 15.0. The highest BCUT2D eigenvalue weighted by Gasteiger charge is 2.25. The van der Waals surface area contributed by atoms with E-state index in [1.165, 1.54) is 0 Å². The largest absolute Gasteiger partial charge is 0.483 e. The van der Waals surface area contributed by atoms with Crippen molar-refractivity contribution in [2.75, 3.05) is 31.1 Å². The lowest BCUT2D eigenvalue weighted by molar-refractivity contribution is 0.206. The Kier molecular flexibility index (Phi) is 5.07. The fourth-order valence-corrected chi connectivity index (χ4v) is 3.69. The molecule has 1 aromatic carbocycles. The Labute approximate surface area is 155 Å². The maximum atomic E-state index is 13.6. The number of anilines is 1. The maximum absolute atomic E-state index is 13.6. The van der Waals surface area contributed by atoms with Crippen LogP contribution >= 0.6 is 0 Å². The van der Waals surface area contributed by atoms with Gasteiger partial charge in [-0.05, 0) is 37.8 Å². The van der Waals surface area contributed by atoms with Gasteiger partial charge in [-0.15, -0.1) is 0 Å². The number of halogens is 2. The van der Waals surface area contributed by atoms with Gasteiger partial charge in [-0.1, -0.05) is 0 Å². The average Bonchev–Trinajstić information content (AvgIpc) is 3.16. The number of nitrogens with one attached hydrogen (secondary N) is 1. The molecule has 1 N–H and O–H groups in total. The van der Waals surface area contributed by atoms with Crippen LogP contribution in [0.2, 0.25) is 0 Å². The van der Waals surface area contributed by atoms with Crippen molar-refractivity contribution in [1.82, 2.24) is 15.1 Å². The highest BCUT2D eigenvalue weighted by Crippen LogP contribution is 2.29. The molecule has 0 atom stereocenters. The van der Waals surface area contributed by atoms with Gasteiger partial charge in [-0.25, -0.2) is 8.78 Å². The lowest BCUT2D eigenvalue weighted by Gasteiger charge is -2.31. The van der Waals surface area contributed by atoms with E-state index in [0.29, 0.717) is 5.69 Å². The first-order chi connectivity index (χ1) is 13.1. The number of hydrogen-bond donors (Lipinski definition) is 1. The third-order valence-corrected chi connectivity index (χ3v) is 5.05. The minimum absolute atomic E-state index is 0.0144. The zero-order valence-electron chi connectivity index (χ0n) is 15.0. The van der Waals surface area contributed by atoms with Gasteiger partial charge < -0.3 is 15.0 Å². The van der Waals surface area contributed by atoms with Crippen molar-refractivity contribution in [3.8, 4) is 11.4 Å². The molecule has 1 aromatic heterocycles. The third kappa shape index (κ3) is 3.80. The van der Waals surface area contributed by atoms with Gasteiger partial charge in [0.05, 0.1) is 18.0 Å². The molecule has 0 amide bonds. The van der Waals surface area contributed by atoms with Gasteiger partial charge in [0.25, 0.3) is 0 Å². The van der Waals surface area contributed by atoms with Gasteiger partial charge in [-0.2, -0.15) is 9.78 Å². The summed E-state index contributed by atoms with van der Waals surface area (Å²) in [6.07, 6.45) is 5.48. The second-order valence-corrected chi connectivity index (χ2v) is 6.96. The van der Waals surface area contributed by atoms with Crippen LogP contribution in [0, 0.1) is 11.6 Å².